The predicted molar refractivity (Wildman–Crippen MR) is 95.3 cm³/mol. The summed E-state index contributed by atoms with van der Waals surface area (Å²) in [5.74, 6) is -0.390. The fraction of sp³-hybridized carbons (Fsp3) is 0.611. The lowest BCUT2D eigenvalue weighted by atomic mass is 9.91. The van der Waals surface area contributed by atoms with Gasteiger partial charge >= 0.3 is 6.09 Å². The predicted octanol–water partition coefficient (Wildman–Crippen LogP) is 2.83. The molecule has 138 valence electrons. The van der Waals surface area contributed by atoms with Crippen LogP contribution in [-0.4, -0.2) is 73.2 Å². The molecule has 1 spiro atoms. The second-order valence-electron chi connectivity index (χ2n) is 7.30. The number of amides is 1. The largest absolute Gasteiger partial charge is 0.441 e. The zero-order valence-corrected chi connectivity index (χ0v) is 15.6. The summed E-state index contributed by atoms with van der Waals surface area (Å²) >= 11 is 5.85. The van der Waals surface area contributed by atoms with Crippen LogP contribution in [0.4, 0.5) is 9.18 Å². The molecule has 0 radical (unpaired) electrons. The quantitative estimate of drug-likeness (QED) is 0.799. The molecule has 1 amide bonds. The summed E-state index contributed by atoms with van der Waals surface area (Å²) < 4.78 is 19.0. The van der Waals surface area contributed by atoms with E-state index in [9.17, 15) is 9.18 Å². The van der Waals surface area contributed by atoms with Crippen LogP contribution in [-0.2, 0) is 11.3 Å². The lowest BCUT2D eigenvalue weighted by Gasteiger charge is -2.37. The molecule has 2 heterocycles. The van der Waals surface area contributed by atoms with Gasteiger partial charge in [-0.3, -0.25) is 4.90 Å². The maximum Gasteiger partial charge on any atom is 0.410 e. The Morgan fingerprint density at radius 1 is 1.32 bits per heavy atom. The number of piperidine rings is 1. The molecule has 2 aliphatic heterocycles. The van der Waals surface area contributed by atoms with E-state index in [0.717, 1.165) is 44.6 Å². The number of likely N-dealkylation sites (N-methyl/N-ethyl adjacent to an activating group) is 1. The minimum absolute atomic E-state index is 0.159. The highest BCUT2D eigenvalue weighted by molar-refractivity contribution is 6.30. The third-order valence-corrected chi connectivity index (χ3v) is 5.31. The first kappa shape index (κ1) is 18.4. The number of halogens is 2. The summed E-state index contributed by atoms with van der Waals surface area (Å²) in [5, 5.41) is 0.159. The molecule has 1 aromatic rings. The van der Waals surface area contributed by atoms with Gasteiger partial charge in [-0.25, -0.2) is 9.18 Å². The van der Waals surface area contributed by atoms with Crippen molar-refractivity contribution in [3.8, 4) is 0 Å². The van der Waals surface area contributed by atoms with Gasteiger partial charge in [-0.05, 0) is 31.8 Å². The van der Waals surface area contributed by atoms with Crippen molar-refractivity contribution in [3.63, 3.8) is 0 Å². The molecule has 7 heteroatoms. The van der Waals surface area contributed by atoms with Gasteiger partial charge in [0, 0.05) is 45.6 Å². The molecule has 3 rings (SSSR count). The molecule has 0 aliphatic carbocycles. The Bertz CT molecular complexity index is 633. The summed E-state index contributed by atoms with van der Waals surface area (Å²) in [6.07, 6.45) is 1.46. The van der Waals surface area contributed by atoms with Crippen molar-refractivity contribution in [2.75, 3.05) is 46.8 Å². The van der Waals surface area contributed by atoms with Gasteiger partial charge < -0.3 is 14.5 Å². The Labute approximate surface area is 153 Å². The van der Waals surface area contributed by atoms with Crippen molar-refractivity contribution in [2.24, 2.45) is 0 Å². The Morgan fingerprint density at radius 3 is 2.68 bits per heavy atom. The highest BCUT2D eigenvalue weighted by atomic mass is 35.5. The zero-order chi connectivity index (χ0) is 18.0. The Morgan fingerprint density at radius 2 is 2.04 bits per heavy atom. The molecule has 2 saturated heterocycles. The summed E-state index contributed by atoms with van der Waals surface area (Å²) in [6, 6.07) is 4.86. The number of ether oxygens (including phenoxy) is 1. The molecule has 0 N–H and O–H groups in total. The highest BCUT2D eigenvalue weighted by Gasteiger charge is 2.46. The van der Waals surface area contributed by atoms with Crippen molar-refractivity contribution in [3.05, 3.63) is 34.6 Å². The Balaban J connectivity index is 1.53. The smallest absolute Gasteiger partial charge is 0.410 e. The average Bonchev–Trinajstić information content (AvgIpc) is 2.87. The molecule has 25 heavy (non-hydrogen) atoms. The summed E-state index contributed by atoms with van der Waals surface area (Å²) in [5.41, 5.74) is 0.652. The standard InChI is InChI=1S/C18H25ClFN3O2/c1-21(2)9-10-23-13-18(25-17(23)24)5-7-22(8-6-18)12-14-3-4-16(20)15(19)11-14/h3-4,11H,5-10,12-13H2,1-2H3. The molecular weight excluding hydrogens is 345 g/mol. The number of hydrogen-bond donors (Lipinski definition) is 0. The first-order valence-corrected chi connectivity index (χ1v) is 9.04. The number of likely N-dealkylation sites (tertiary alicyclic amines) is 1. The summed E-state index contributed by atoms with van der Waals surface area (Å²) in [4.78, 5) is 18.3. The minimum atomic E-state index is -0.390. The van der Waals surface area contributed by atoms with Crippen LogP contribution in [0.5, 0.6) is 0 Å². The number of hydrogen-bond acceptors (Lipinski definition) is 4. The molecular formula is C18H25ClFN3O2. The first-order chi connectivity index (χ1) is 11.9. The number of benzene rings is 1. The topological polar surface area (TPSA) is 36.0 Å². The van der Waals surface area contributed by atoms with Crippen molar-refractivity contribution < 1.29 is 13.9 Å². The van der Waals surface area contributed by atoms with Gasteiger partial charge in [0.15, 0.2) is 0 Å². The van der Waals surface area contributed by atoms with E-state index in [2.05, 4.69) is 9.80 Å². The number of carbonyl (C=O) groups is 1. The Hall–Kier alpha value is -1.37. The lowest BCUT2D eigenvalue weighted by molar-refractivity contribution is -0.00125. The fourth-order valence-corrected chi connectivity index (χ4v) is 3.66. The zero-order valence-electron chi connectivity index (χ0n) is 14.8. The number of rotatable bonds is 5. The SMILES string of the molecule is CN(C)CCN1CC2(CCN(Cc3ccc(F)c(Cl)c3)CC2)OC1=O. The van der Waals surface area contributed by atoms with E-state index in [4.69, 9.17) is 16.3 Å². The summed E-state index contributed by atoms with van der Waals surface area (Å²) in [7, 11) is 3.99. The average molecular weight is 370 g/mol. The van der Waals surface area contributed by atoms with E-state index in [1.54, 1.807) is 12.1 Å². The van der Waals surface area contributed by atoms with E-state index >= 15 is 0 Å². The summed E-state index contributed by atoms with van der Waals surface area (Å²) in [6.45, 7) is 4.64. The number of nitrogens with zero attached hydrogens (tertiary/aromatic N) is 3. The van der Waals surface area contributed by atoms with Crippen LogP contribution in [0.3, 0.4) is 0 Å². The fourth-order valence-electron chi connectivity index (χ4n) is 3.46. The van der Waals surface area contributed by atoms with Crippen molar-refractivity contribution in [2.45, 2.75) is 25.0 Å². The first-order valence-electron chi connectivity index (χ1n) is 8.66. The van der Waals surface area contributed by atoms with Gasteiger partial charge in [-0.15, -0.1) is 0 Å². The van der Waals surface area contributed by atoms with Crippen molar-refractivity contribution >= 4 is 17.7 Å². The third-order valence-electron chi connectivity index (χ3n) is 5.02. The van der Waals surface area contributed by atoms with Crippen molar-refractivity contribution in [1.29, 1.82) is 0 Å². The van der Waals surface area contributed by atoms with Crippen LogP contribution in [0.1, 0.15) is 18.4 Å². The normalized spacial score (nSPS) is 20.5. The van der Waals surface area contributed by atoms with Gasteiger partial charge in [-0.2, -0.15) is 0 Å². The molecule has 0 unspecified atom stereocenters. The third kappa shape index (κ3) is 4.43. The molecule has 2 fully saturated rings. The number of carbonyl (C=O) groups excluding carboxylic acids is 1. The van der Waals surface area contributed by atoms with Gasteiger partial charge in [-0.1, -0.05) is 17.7 Å². The highest BCUT2D eigenvalue weighted by Crippen LogP contribution is 2.33. The Kier molecular flexibility index (Phi) is 5.51. The molecule has 0 aromatic heterocycles. The van der Waals surface area contributed by atoms with Crippen LogP contribution in [0, 0.1) is 5.82 Å². The van der Waals surface area contributed by atoms with Crippen molar-refractivity contribution in [1.82, 2.24) is 14.7 Å². The van der Waals surface area contributed by atoms with Gasteiger partial charge in [0.2, 0.25) is 0 Å². The minimum Gasteiger partial charge on any atom is -0.441 e. The molecule has 2 aliphatic rings. The molecule has 5 nitrogen and oxygen atoms in total. The molecule has 0 bridgehead atoms. The van der Waals surface area contributed by atoms with Crippen LogP contribution in [0.15, 0.2) is 18.2 Å². The maximum atomic E-state index is 13.3. The molecule has 1 aromatic carbocycles. The van der Waals surface area contributed by atoms with E-state index in [1.807, 2.05) is 19.0 Å². The van der Waals surface area contributed by atoms with E-state index in [1.165, 1.54) is 6.07 Å². The monoisotopic (exact) mass is 369 g/mol. The van der Waals surface area contributed by atoms with Crippen LogP contribution in [0.25, 0.3) is 0 Å². The van der Waals surface area contributed by atoms with Gasteiger partial charge in [0.25, 0.3) is 0 Å². The molecule has 0 saturated carbocycles. The van der Waals surface area contributed by atoms with E-state index in [-0.39, 0.29) is 16.7 Å². The maximum absolute atomic E-state index is 13.3. The lowest BCUT2D eigenvalue weighted by Crippen LogP contribution is -2.46. The van der Waals surface area contributed by atoms with Crippen LogP contribution >= 0.6 is 11.6 Å². The van der Waals surface area contributed by atoms with Crippen LogP contribution < -0.4 is 0 Å². The van der Waals surface area contributed by atoms with Gasteiger partial charge in [0.05, 0.1) is 11.6 Å². The van der Waals surface area contributed by atoms with Crippen LogP contribution in [0.2, 0.25) is 5.02 Å². The van der Waals surface area contributed by atoms with E-state index < -0.39 is 5.82 Å². The second-order valence-corrected chi connectivity index (χ2v) is 7.71. The van der Waals surface area contributed by atoms with Gasteiger partial charge in [0.1, 0.15) is 11.4 Å². The van der Waals surface area contributed by atoms with E-state index in [0.29, 0.717) is 13.1 Å². The second kappa shape index (κ2) is 7.48. The molecule has 0 atom stereocenters.